The summed E-state index contributed by atoms with van der Waals surface area (Å²) in [6, 6.07) is 5.76. The summed E-state index contributed by atoms with van der Waals surface area (Å²) in [5.41, 5.74) is 1.03. The smallest absolute Gasteiger partial charge is 0.103 e. The molecule has 1 atom stereocenters. The molecule has 2 aromatic heterocycles. The lowest BCUT2D eigenvalue weighted by atomic mass is 10.1. The second kappa shape index (κ2) is 5.98. The Labute approximate surface area is 109 Å². The topological polar surface area (TPSA) is 46.3 Å². The molecule has 0 amide bonds. The summed E-state index contributed by atoms with van der Waals surface area (Å²) in [6.07, 6.45) is 6.87. The van der Waals surface area contributed by atoms with Crippen molar-refractivity contribution < 1.29 is 9.52 Å². The lowest BCUT2D eigenvalue weighted by Crippen LogP contribution is -2.11. The van der Waals surface area contributed by atoms with E-state index in [0.29, 0.717) is 12.8 Å². The minimum absolute atomic E-state index is 0.365. The number of nitrogens with zero attached hydrogens (tertiary/aromatic N) is 1. The van der Waals surface area contributed by atoms with Crippen molar-refractivity contribution in [1.29, 1.82) is 0 Å². The molecule has 0 aliphatic carbocycles. The van der Waals surface area contributed by atoms with Crippen LogP contribution < -0.4 is 0 Å². The molecule has 0 aliphatic rings. The predicted molar refractivity (Wildman–Crippen MR) is 68.7 cm³/mol. The number of rotatable bonds is 5. The Morgan fingerprint density at radius 1 is 1.41 bits per heavy atom. The van der Waals surface area contributed by atoms with Crippen molar-refractivity contribution in [2.45, 2.75) is 25.4 Å². The molecule has 0 saturated heterocycles. The maximum absolute atomic E-state index is 9.91. The number of hydrogen-bond acceptors (Lipinski definition) is 3. The van der Waals surface area contributed by atoms with Gasteiger partial charge in [-0.05, 0) is 52.5 Å². The van der Waals surface area contributed by atoms with Gasteiger partial charge in [0.2, 0.25) is 0 Å². The van der Waals surface area contributed by atoms with Crippen molar-refractivity contribution in [3.63, 3.8) is 0 Å². The van der Waals surface area contributed by atoms with Gasteiger partial charge in [-0.3, -0.25) is 4.98 Å². The molecular weight excluding hydrogens is 282 g/mol. The molecule has 0 fully saturated rings. The van der Waals surface area contributed by atoms with Gasteiger partial charge in [0.15, 0.2) is 0 Å². The van der Waals surface area contributed by atoms with Crippen LogP contribution in [0.3, 0.4) is 0 Å². The molecule has 4 heteroatoms. The number of hydrogen-bond donors (Lipinski definition) is 1. The van der Waals surface area contributed by atoms with Gasteiger partial charge in [-0.1, -0.05) is 0 Å². The van der Waals surface area contributed by atoms with Gasteiger partial charge < -0.3 is 9.52 Å². The number of aromatic nitrogens is 1. The molecule has 0 spiro atoms. The molecule has 0 aliphatic heterocycles. The van der Waals surface area contributed by atoms with Crippen molar-refractivity contribution in [3.05, 3.63) is 52.7 Å². The number of aliphatic hydroxyl groups is 1. The van der Waals surface area contributed by atoms with Crippen LogP contribution in [0.1, 0.15) is 17.7 Å². The zero-order chi connectivity index (χ0) is 12.1. The van der Waals surface area contributed by atoms with Crippen LogP contribution >= 0.6 is 15.9 Å². The Balaban J connectivity index is 1.83. The molecule has 0 radical (unpaired) electrons. The zero-order valence-corrected chi connectivity index (χ0v) is 10.9. The molecule has 2 aromatic rings. The van der Waals surface area contributed by atoms with Gasteiger partial charge in [-0.15, -0.1) is 0 Å². The second-order valence-corrected chi connectivity index (χ2v) is 4.90. The van der Waals surface area contributed by atoms with E-state index in [1.165, 1.54) is 0 Å². The van der Waals surface area contributed by atoms with Gasteiger partial charge in [-0.2, -0.15) is 0 Å². The van der Waals surface area contributed by atoms with Gasteiger partial charge in [0.25, 0.3) is 0 Å². The second-order valence-electron chi connectivity index (χ2n) is 3.99. The molecule has 90 valence electrons. The van der Waals surface area contributed by atoms with E-state index >= 15 is 0 Å². The first-order valence-corrected chi connectivity index (χ1v) is 6.33. The minimum Gasteiger partial charge on any atom is -0.469 e. The van der Waals surface area contributed by atoms with E-state index in [2.05, 4.69) is 20.9 Å². The molecule has 3 nitrogen and oxygen atoms in total. The highest BCUT2D eigenvalue weighted by molar-refractivity contribution is 9.10. The highest BCUT2D eigenvalue weighted by Crippen LogP contribution is 2.13. The average molecular weight is 296 g/mol. The third kappa shape index (κ3) is 3.98. The summed E-state index contributed by atoms with van der Waals surface area (Å²) < 4.78 is 6.16. The maximum atomic E-state index is 9.91. The SMILES string of the molecule is OC(CCc1ccco1)Cc1cncc(Br)c1. The fraction of sp³-hybridized carbons (Fsp3) is 0.308. The van der Waals surface area contributed by atoms with Crippen molar-refractivity contribution in [2.75, 3.05) is 0 Å². The highest BCUT2D eigenvalue weighted by Gasteiger charge is 2.07. The molecule has 0 aromatic carbocycles. The molecule has 2 rings (SSSR count). The number of pyridine rings is 1. The Morgan fingerprint density at radius 2 is 2.29 bits per heavy atom. The summed E-state index contributed by atoms with van der Waals surface area (Å²) in [5, 5.41) is 9.91. The summed E-state index contributed by atoms with van der Waals surface area (Å²) in [6.45, 7) is 0. The van der Waals surface area contributed by atoms with Crippen molar-refractivity contribution in [1.82, 2.24) is 4.98 Å². The number of halogens is 1. The van der Waals surface area contributed by atoms with E-state index in [9.17, 15) is 5.11 Å². The van der Waals surface area contributed by atoms with E-state index in [1.54, 1.807) is 18.7 Å². The first-order chi connectivity index (χ1) is 8.24. The number of furan rings is 1. The van der Waals surface area contributed by atoms with Crippen LogP contribution in [0.2, 0.25) is 0 Å². The van der Waals surface area contributed by atoms with E-state index < -0.39 is 0 Å². The van der Waals surface area contributed by atoms with Gasteiger partial charge in [0.05, 0.1) is 12.4 Å². The Hall–Kier alpha value is -1.13. The lowest BCUT2D eigenvalue weighted by Gasteiger charge is -2.09. The standard InChI is InChI=1S/C13H14BrNO2/c14-11-6-10(8-15-9-11)7-12(16)3-4-13-2-1-5-17-13/h1-2,5-6,8-9,12,16H,3-4,7H2. The van der Waals surface area contributed by atoms with Crippen LogP contribution in [-0.2, 0) is 12.8 Å². The van der Waals surface area contributed by atoms with Crippen LogP contribution in [0, 0.1) is 0 Å². The maximum Gasteiger partial charge on any atom is 0.103 e. The van der Waals surface area contributed by atoms with Crippen LogP contribution in [0.5, 0.6) is 0 Å². The fourth-order valence-corrected chi connectivity index (χ4v) is 2.12. The molecule has 1 unspecified atom stereocenters. The van der Waals surface area contributed by atoms with E-state index in [1.807, 2.05) is 18.2 Å². The number of aryl methyl sites for hydroxylation is 1. The first kappa shape index (κ1) is 12.3. The molecular formula is C13H14BrNO2. The third-order valence-corrected chi connectivity index (χ3v) is 2.97. The largest absolute Gasteiger partial charge is 0.469 e. The minimum atomic E-state index is -0.365. The summed E-state index contributed by atoms with van der Waals surface area (Å²) in [7, 11) is 0. The lowest BCUT2D eigenvalue weighted by molar-refractivity contribution is 0.163. The monoisotopic (exact) mass is 295 g/mol. The molecule has 2 heterocycles. The van der Waals surface area contributed by atoms with Crippen LogP contribution in [0.15, 0.2) is 45.7 Å². The number of aliphatic hydroxyl groups excluding tert-OH is 1. The Morgan fingerprint density at radius 3 is 3.00 bits per heavy atom. The normalized spacial score (nSPS) is 12.6. The van der Waals surface area contributed by atoms with Crippen LogP contribution in [0.25, 0.3) is 0 Å². The van der Waals surface area contributed by atoms with Gasteiger partial charge in [-0.25, -0.2) is 0 Å². The van der Waals surface area contributed by atoms with E-state index in [0.717, 1.165) is 22.2 Å². The summed E-state index contributed by atoms with van der Waals surface area (Å²) in [4.78, 5) is 4.07. The van der Waals surface area contributed by atoms with Crippen LogP contribution in [-0.4, -0.2) is 16.2 Å². The summed E-state index contributed by atoms with van der Waals surface area (Å²) in [5.74, 6) is 0.913. The van der Waals surface area contributed by atoms with Crippen molar-refractivity contribution in [2.24, 2.45) is 0 Å². The van der Waals surface area contributed by atoms with Crippen LogP contribution in [0.4, 0.5) is 0 Å². The van der Waals surface area contributed by atoms with Gasteiger partial charge in [0, 0.05) is 23.3 Å². The van der Waals surface area contributed by atoms with Crippen molar-refractivity contribution >= 4 is 15.9 Å². The molecule has 17 heavy (non-hydrogen) atoms. The predicted octanol–water partition coefficient (Wildman–Crippen LogP) is 2.97. The zero-order valence-electron chi connectivity index (χ0n) is 9.34. The average Bonchev–Trinajstić information content (AvgIpc) is 2.79. The quantitative estimate of drug-likeness (QED) is 0.922. The highest BCUT2D eigenvalue weighted by atomic mass is 79.9. The Kier molecular flexibility index (Phi) is 4.34. The molecule has 0 bridgehead atoms. The third-order valence-electron chi connectivity index (χ3n) is 2.54. The fourth-order valence-electron chi connectivity index (χ4n) is 1.71. The molecule has 0 saturated carbocycles. The first-order valence-electron chi connectivity index (χ1n) is 5.54. The van der Waals surface area contributed by atoms with Gasteiger partial charge >= 0.3 is 0 Å². The summed E-state index contributed by atoms with van der Waals surface area (Å²) >= 11 is 3.36. The van der Waals surface area contributed by atoms with E-state index in [4.69, 9.17) is 4.42 Å². The molecule has 1 N–H and O–H groups in total. The van der Waals surface area contributed by atoms with Crippen molar-refractivity contribution in [3.8, 4) is 0 Å². The Bertz CT molecular complexity index is 456. The van der Waals surface area contributed by atoms with E-state index in [-0.39, 0.29) is 6.10 Å². The van der Waals surface area contributed by atoms with Gasteiger partial charge in [0.1, 0.15) is 5.76 Å².